The van der Waals surface area contributed by atoms with E-state index in [-0.39, 0.29) is 16.5 Å². The van der Waals surface area contributed by atoms with Gasteiger partial charge in [0.05, 0.1) is 11.1 Å². The lowest BCUT2D eigenvalue weighted by molar-refractivity contribution is -0.174. The quantitative estimate of drug-likeness (QED) is 0.601. The minimum absolute atomic E-state index is 0.0203. The van der Waals surface area contributed by atoms with Crippen molar-refractivity contribution in [3.8, 4) is 0 Å². The maximum absolute atomic E-state index is 5.03. The van der Waals surface area contributed by atoms with E-state index >= 15 is 0 Å². The highest BCUT2D eigenvalue weighted by Gasteiger charge is 2.71. The Morgan fingerprint density at radius 3 is 1.17 bits per heavy atom. The topological polar surface area (TPSA) is 36.8 Å². The Balaban J connectivity index is 4.06. The molecule has 0 unspecified atom stereocenters. The highest BCUT2D eigenvalue weighted by Crippen LogP contribution is 2.65. The lowest BCUT2D eigenvalue weighted by Gasteiger charge is -2.69. The first-order valence-corrected chi connectivity index (χ1v) is 10.1. The fraction of sp³-hybridized carbons (Fsp3) is 1.00. The summed E-state index contributed by atoms with van der Waals surface area (Å²) in [7, 11) is 0. The van der Waals surface area contributed by atoms with Gasteiger partial charge in [-0.25, -0.2) is 0 Å². The van der Waals surface area contributed by atoms with Crippen LogP contribution >= 0.6 is 0 Å². The van der Waals surface area contributed by atoms with Gasteiger partial charge in [0.2, 0.25) is 0 Å². The first-order valence-electron chi connectivity index (χ1n) is 10.1. The molecule has 0 aliphatic carbocycles. The fourth-order valence-electron chi connectivity index (χ4n) is 6.98. The van der Waals surface area contributed by atoms with Crippen LogP contribution in [0.2, 0.25) is 0 Å². The number of hydrogen-bond acceptors (Lipinski definition) is 3. The summed E-state index contributed by atoms with van der Waals surface area (Å²) >= 11 is 0. The number of nitrogens with zero attached hydrogens (tertiary/aromatic N) is 2. The van der Waals surface area contributed by atoms with E-state index in [2.05, 4.69) is 93.7 Å². The Morgan fingerprint density at radius 1 is 0.542 bits per heavy atom. The summed E-state index contributed by atoms with van der Waals surface area (Å²) in [6, 6.07) is 0. The summed E-state index contributed by atoms with van der Waals surface area (Å²) < 4.78 is 0. The first-order chi connectivity index (χ1) is 10.9. The van der Waals surface area contributed by atoms with Gasteiger partial charge < -0.3 is 0 Å². The Labute approximate surface area is 151 Å². The third-order valence-corrected chi connectivity index (χ3v) is 7.20. The van der Waals surface area contributed by atoms with E-state index in [1.807, 2.05) is 0 Å². The molecule has 0 atom stereocenters. The van der Waals surface area contributed by atoms with Gasteiger partial charge in [-0.15, -0.1) is 0 Å². The molecule has 0 aromatic rings. The molecule has 3 heteroatoms. The summed E-state index contributed by atoms with van der Waals surface area (Å²) in [5, 5.41) is 9.63. The Hall–Kier alpha value is -0.600. The molecule has 1 N–H and O–H groups in total. The molecule has 0 radical (unpaired) electrons. The van der Waals surface area contributed by atoms with Crippen LogP contribution in [0, 0.1) is 40.9 Å². The van der Waals surface area contributed by atoms with E-state index < -0.39 is 0 Å². The maximum atomic E-state index is 5.03. The molecule has 0 aromatic carbocycles. The molecule has 0 saturated carbocycles. The predicted molar refractivity (Wildman–Crippen MR) is 105 cm³/mol. The van der Waals surface area contributed by atoms with Gasteiger partial charge in [0.15, 0.2) is 0 Å². The average molecular weight is 338 g/mol. The zero-order chi connectivity index (χ0) is 19.1. The molecule has 0 aromatic heterocycles. The summed E-state index contributed by atoms with van der Waals surface area (Å²) in [5.41, 5.74) is 3.38. The van der Waals surface area contributed by atoms with Crippen molar-refractivity contribution in [3.05, 3.63) is 0 Å². The monoisotopic (exact) mass is 337 g/mol. The van der Waals surface area contributed by atoms with Crippen LogP contribution in [0.15, 0.2) is 10.3 Å². The summed E-state index contributed by atoms with van der Waals surface area (Å²) in [6.45, 7) is 28.4. The lowest BCUT2D eigenvalue weighted by atomic mass is 9.40. The Morgan fingerprint density at radius 2 is 0.917 bits per heavy atom. The van der Waals surface area contributed by atoms with Crippen LogP contribution < -0.4 is 5.43 Å². The van der Waals surface area contributed by atoms with Gasteiger partial charge in [0, 0.05) is 5.41 Å². The van der Waals surface area contributed by atoms with Gasteiger partial charge in [-0.1, -0.05) is 88.3 Å². The molecule has 3 nitrogen and oxygen atoms in total. The van der Waals surface area contributed by atoms with Crippen LogP contribution in [0.4, 0.5) is 0 Å². The number of hydrogen-bond donors (Lipinski definition) is 1. The summed E-state index contributed by atoms with van der Waals surface area (Å²) in [4.78, 5) is 0. The molecule has 142 valence electrons. The van der Waals surface area contributed by atoms with Crippen molar-refractivity contribution in [2.45, 2.75) is 94.2 Å². The van der Waals surface area contributed by atoms with Crippen molar-refractivity contribution < 1.29 is 0 Å². The zero-order valence-electron chi connectivity index (χ0n) is 18.4. The molecule has 1 heterocycles. The molecule has 0 bridgehead atoms. The molecule has 0 amide bonds. The standard InChI is InChI=1S/C21H43N3/c1-13(2)19(14(3)4)20(15(5)6,16(7)8)22-24-23-21(19,17(9)10)18(11)12/h13-18H,1-12H3,(H,22,23). The molecule has 1 aliphatic heterocycles. The smallest absolute Gasteiger partial charge is 0.0966 e. The third kappa shape index (κ3) is 2.36. The van der Waals surface area contributed by atoms with Crippen molar-refractivity contribution in [3.63, 3.8) is 0 Å². The second-order valence-electron chi connectivity index (χ2n) is 9.80. The SMILES string of the molecule is CC(C)C1(C(C)C)N=NNC(C(C)C)(C(C)C)C1(C(C)C)C(C)C. The van der Waals surface area contributed by atoms with Crippen molar-refractivity contribution >= 4 is 0 Å². The summed E-state index contributed by atoms with van der Waals surface area (Å²) in [6.07, 6.45) is 0. The van der Waals surface area contributed by atoms with Crippen molar-refractivity contribution in [2.75, 3.05) is 0 Å². The van der Waals surface area contributed by atoms with Gasteiger partial charge in [0.25, 0.3) is 0 Å². The Bertz CT molecular complexity index is 420. The molecule has 0 saturated heterocycles. The van der Waals surface area contributed by atoms with Gasteiger partial charge in [0.1, 0.15) is 0 Å². The molecular weight excluding hydrogens is 294 g/mol. The zero-order valence-corrected chi connectivity index (χ0v) is 18.4. The molecule has 1 aliphatic rings. The van der Waals surface area contributed by atoms with Crippen LogP contribution in [-0.2, 0) is 0 Å². The number of rotatable bonds is 6. The van der Waals surface area contributed by atoms with Crippen LogP contribution in [0.5, 0.6) is 0 Å². The molecule has 0 spiro atoms. The van der Waals surface area contributed by atoms with Crippen LogP contribution in [-0.4, -0.2) is 11.1 Å². The highest BCUT2D eigenvalue weighted by molar-refractivity contribution is 5.23. The van der Waals surface area contributed by atoms with Crippen molar-refractivity contribution in [1.29, 1.82) is 0 Å². The van der Waals surface area contributed by atoms with E-state index in [9.17, 15) is 0 Å². The van der Waals surface area contributed by atoms with Crippen LogP contribution in [0.3, 0.4) is 0 Å². The van der Waals surface area contributed by atoms with Gasteiger partial charge in [-0.05, 0) is 35.5 Å². The molecular formula is C21H43N3. The van der Waals surface area contributed by atoms with Crippen molar-refractivity contribution in [2.24, 2.45) is 51.3 Å². The third-order valence-electron chi connectivity index (χ3n) is 7.20. The second-order valence-corrected chi connectivity index (χ2v) is 9.80. The van der Waals surface area contributed by atoms with E-state index in [4.69, 9.17) is 5.11 Å². The van der Waals surface area contributed by atoms with E-state index in [0.29, 0.717) is 35.5 Å². The van der Waals surface area contributed by atoms with Crippen molar-refractivity contribution in [1.82, 2.24) is 5.43 Å². The second kappa shape index (κ2) is 6.96. The maximum Gasteiger partial charge on any atom is 0.0966 e. The van der Waals surface area contributed by atoms with Gasteiger partial charge in [-0.2, -0.15) is 5.11 Å². The minimum Gasteiger partial charge on any atom is -0.284 e. The Kier molecular flexibility index (Phi) is 6.22. The van der Waals surface area contributed by atoms with E-state index in [1.165, 1.54) is 0 Å². The highest BCUT2D eigenvalue weighted by atomic mass is 15.5. The van der Waals surface area contributed by atoms with Gasteiger partial charge >= 0.3 is 0 Å². The minimum atomic E-state index is -0.172. The van der Waals surface area contributed by atoms with E-state index in [1.54, 1.807) is 0 Å². The predicted octanol–water partition coefficient (Wildman–Crippen LogP) is 6.36. The average Bonchev–Trinajstić information content (AvgIpc) is 2.43. The van der Waals surface area contributed by atoms with Gasteiger partial charge in [-0.3, -0.25) is 5.43 Å². The number of nitrogens with one attached hydrogen (secondary N) is 1. The first kappa shape index (κ1) is 21.4. The normalized spacial score (nSPS) is 22.2. The largest absolute Gasteiger partial charge is 0.284 e. The molecule has 1 rings (SSSR count). The fourth-order valence-corrected chi connectivity index (χ4v) is 6.98. The summed E-state index contributed by atoms with van der Waals surface area (Å²) in [5.74, 6) is 2.81. The van der Waals surface area contributed by atoms with Crippen LogP contribution in [0.25, 0.3) is 0 Å². The lowest BCUT2D eigenvalue weighted by Crippen LogP contribution is -2.78. The molecule has 0 fully saturated rings. The van der Waals surface area contributed by atoms with Crippen LogP contribution in [0.1, 0.15) is 83.1 Å². The molecule has 24 heavy (non-hydrogen) atoms. The van der Waals surface area contributed by atoms with E-state index in [0.717, 1.165) is 0 Å².